The van der Waals surface area contributed by atoms with Crippen LogP contribution in [0.4, 0.5) is 15.9 Å². The number of nitrogens with one attached hydrogen (secondary N) is 1. The van der Waals surface area contributed by atoms with E-state index >= 15 is 0 Å². The molecule has 0 bridgehead atoms. The summed E-state index contributed by atoms with van der Waals surface area (Å²) in [6.45, 7) is 5.78. The number of aromatic nitrogens is 2. The van der Waals surface area contributed by atoms with Crippen molar-refractivity contribution in [2.24, 2.45) is 0 Å². The van der Waals surface area contributed by atoms with Crippen LogP contribution in [0.1, 0.15) is 23.2 Å². The Morgan fingerprint density at radius 3 is 2.50 bits per heavy atom. The maximum atomic E-state index is 13.3. The Kier molecular flexibility index (Phi) is 5.11. The third-order valence-electron chi connectivity index (χ3n) is 4.19. The summed E-state index contributed by atoms with van der Waals surface area (Å²) in [7, 11) is 0. The molecule has 0 aliphatic carbocycles. The Morgan fingerprint density at radius 1 is 1.12 bits per heavy atom. The van der Waals surface area contributed by atoms with Gasteiger partial charge in [0.25, 0.3) is 5.91 Å². The summed E-state index contributed by atoms with van der Waals surface area (Å²) >= 11 is 0. The molecule has 26 heavy (non-hydrogen) atoms. The Hall–Kier alpha value is -3.03. The number of nitrogens with zero attached hydrogens (tertiary/aromatic N) is 4. The zero-order chi connectivity index (χ0) is 18.7. The smallest absolute Gasteiger partial charge is 0.274 e. The van der Waals surface area contributed by atoms with Gasteiger partial charge < -0.3 is 15.1 Å². The van der Waals surface area contributed by atoms with Crippen LogP contribution in [0.3, 0.4) is 0 Å². The number of hydrogen-bond donors (Lipinski definition) is 1. The highest BCUT2D eigenvalue weighted by Gasteiger charge is 2.21. The molecule has 2 aromatic rings. The minimum absolute atomic E-state index is 0.0543. The van der Waals surface area contributed by atoms with Crippen LogP contribution >= 0.6 is 0 Å². The largest absolute Gasteiger partial charge is 0.353 e. The first-order chi connectivity index (χ1) is 12.4. The monoisotopic (exact) mass is 357 g/mol. The number of rotatable bonds is 3. The molecule has 136 valence electrons. The molecule has 1 fully saturated rings. The van der Waals surface area contributed by atoms with Crippen molar-refractivity contribution in [1.29, 1.82) is 0 Å². The second kappa shape index (κ2) is 7.47. The lowest BCUT2D eigenvalue weighted by molar-refractivity contribution is -0.129. The third-order valence-corrected chi connectivity index (χ3v) is 4.19. The van der Waals surface area contributed by atoms with Crippen molar-refractivity contribution in [1.82, 2.24) is 14.9 Å². The van der Waals surface area contributed by atoms with Crippen molar-refractivity contribution in [2.45, 2.75) is 13.8 Å². The molecular formula is C18H20FN5O2. The number of halogens is 1. The van der Waals surface area contributed by atoms with Crippen molar-refractivity contribution in [3.63, 3.8) is 0 Å². The predicted octanol–water partition coefficient (Wildman–Crippen LogP) is 1.84. The van der Waals surface area contributed by atoms with Gasteiger partial charge in [0.1, 0.15) is 23.2 Å². The van der Waals surface area contributed by atoms with E-state index in [2.05, 4.69) is 15.3 Å². The number of aryl methyl sites for hydroxylation is 1. The lowest BCUT2D eigenvalue weighted by atomic mass is 10.2. The third kappa shape index (κ3) is 4.14. The molecule has 1 N–H and O–H groups in total. The number of anilines is 2. The average molecular weight is 357 g/mol. The zero-order valence-corrected chi connectivity index (χ0v) is 14.7. The molecule has 0 unspecified atom stereocenters. The number of hydrogen-bond acceptors (Lipinski definition) is 5. The molecule has 7 nitrogen and oxygen atoms in total. The van der Waals surface area contributed by atoms with E-state index in [1.807, 2.05) is 4.90 Å². The lowest BCUT2D eigenvalue weighted by Gasteiger charge is -2.35. The van der Waals surface area contributed by atoms with E-state index in [4.69, 9.17) is 0 Å². The quantitative estimate of drug-likeness (QED) is 0.907. The Bertz CT molecular complexity index is 834. The van der Waals surface area contributed by atoms with Crippen molar-refractivity contribution < 1.29 is 14.0 Å². The number of carbonyl (C=O) groups is 2. The number of amides is 2. The van der Waals surface area contributed by atoms with Crippen LogP contribution in [0.5, 0.6) is 0 Å². The van der Waals surface area contributed by atoms with Gasteiger partial charge in [-0.2, -0.15) is 0 Å². The van der Waals surface area contributed by atoms with Crippen molar-refractivity contribution >= 4 is 23.3 Å². The van der Waals surface area contributed by atoms with Crippen LogP contribution in [-0.4, -0.2) is 52.9 Å². The second-order valence-electron chi connectivity index (χ2n) is 6.12. The summed E-state index contributed by atoms with van der Waals surface area (Å²) in [6.07, 6.45) is 0. The van der Waals surface area contributed by atoms with Crippen LogP contribution < -0.4 is 10.2 Å². The summed E-state index contributed by atoms with van der Waals surface area (Å²) in [4.78, 5) is 36.3. The molecule has 1 saturated heterocycles. The van der Waals surface area contributed by atoms with Crippen LogP contribution in [-0.2, 0) is 4.79 Å². The standard InChI is InChI=1S/C18H20FN5O2/c1-12-20-16(18(26)22-15-5-3-4-14(19)10-15)11-17(21-12)24-8-6-23(7-9-24)13(2)25/h3-5,10-11H,6-9H2,1-2H3,(H,22,26). The van der Waals surface area contributed by atoms with Crippen molar-refractivity contribution in [3.8, 4) is 0 Å². The van der Waals surface area contributed by atoms with E-state index in [0.717, 1.165) is 0 Å². The fourth-order valence-electron chi connectivity index (χ4n) is 2.84. The first-order valence-corrected chi connectivity index (χ1v) is 8.35. The average Bonchev–Trinajstić information content (AvgIpc) is 2.61. The summed E-state index contributed by atoms with van der Waals surface area (Å²) in [5.74, 6) is 0.320. The molecule has 0 spiro atoms. The van der Waals surface area contributed by atoms with Crippen molar-refractivity contribution in [3.05, 3.63) is 47.7 Å². The SMILES string of the molecule is CC(=O)N1CCN(c2cc(C(=O)Nc3cccc(F)c3)nc(C)n2)CC1. The predicted molar refractivity (Wildman–Crippen MR) is 95.6 cm³/mol. The first kappa shape index (κ1) is 17.8. The molecule has 8 heteroatoms. The molecule has 2 amide bonds. The highest BCUT2D eigenvalue weighted by atomic mass is 19.1. The number of benzene rings is 1. The maximum absolute atomic E-state index is 13.3. The van der Waals surface area contributed by atoms with E-state index in [9.17, 15) is 14.0 Å². The molecule has 0 atom stereocenters. The van der Waals surface area contributed by atoms with Gasteiger partial charge in [0.2, 0.25) is 5.91 Å². The van der Waals surface area contributed by atoms with Gasteiger partial charge in [-0.1, -0.05) is 6.07 Å². The lowest BCUT2D eigenvalue weighted by Crippen LogP contribution is -2.48. The van der Waals surface area contributed by atoms with Gasteiger partial charge in [-0.25, -0.2) is 14.4 Å². The number of piperazine rings is 1. The fraction of sp³-hybridized carbons (Fsp3) is 0.333. The summed E-state index contributed by atoms with van der Waals surface area (Å²) in [5, 5.41) is 2.64. The Morgan fingerprint density at radius 2 is 1.85 bits per heavy atom. The van der Waals surface area contributed by atoms with Crippen LogP contribution in [0.15, 0.2) is 30.3 Å². The molecule has 2 heterocycles. The van der Waals surface area contributed by atoms with Gasteiger partial charge in [0.05, 0.1) is 0 Å². The number of carbonyl (C=O) groups excluding carboxylic acids is 2. The molecule has 1 aliphatic heterocycles. The zero-order valence-electron chi connectivity index (χ0n) is 14.7. The van der Waals surface area contributed by atoms with E-state index < -0.39 is 11.7 Å². The second-order valence-corrected chi connectivity index (χ2v) is 6.12. The minimum atomic E-state index is -0.426. The van der Waals surface area contributed by atoms with E-state index in [1.165, 1.54) is 18.2 Å². The summed E-state index contributed by atoms with van der Waals surface area (Å²) in [6, 6.07) is 7.30. The van der Waals surface area contributed by atoms with Crippen LogP contribution in [0, 0.1) is 12.7 Å². The molecule has 0 saturated carbocycles. The maximum Gasteiger partial charge on any atom is 0.274 e. The van der Waals surface area contributed by atoms with Crippen LogP contribution in [0.25, 0.3) is 0 Å². The molecule has 1 aromatic carbocycles. The highest BCUT2D eigenvalue weighted by Crippen LogP contribution is 2.17. The summed E-state index contributed by atoms with van der Waals surface area (Å²) in [5.41, 5.74) is 0.577. The molecular weight excluding hydrogens is 337 g/mol. The van der Waals surface area contributed by atoms with Crippen molar-refractivity contribution in [2.75, 3.05) is 36.4 Å². The molecule has 3 rings (SSSR count). The van der Waals surface area contributed by atoms with Gasteiger partial charge in [-0.15, -0.1) is 0 Å². The van der Waals surface area contributed by atoms with Gasteiger partial charge in [0.15, 0.2) is 0 Å². The minimum Gasteiger partial charge on any atom is -0.353 e. The van der Waals surface area contributed by atoms with Crippen LogP contribution in [0.2, 0.25) is 0 Å². The Labute approximate surface area is 150 Å². The normalized spacial score (nSPS) is 14.3. The highest BCUT2D eigenvalue weighted by molar-refractivity contribution is 6.03. The molecule has 1 aliphatic rings. The first-order valence-electron chi connectivity index (χ1n) is 8.35. The van der Waals surface area contributed by atoms with E-state index in [-0.39, 0.29) is 11.6 Å². The van der Waals surface area contributed by atoms with Gasteiger partial charge >= 0.3 is 0 Å². The Balaban J connectivity index is 1.75. The van der Waals surface area contributed by atoms with Gasteiger partial charge in [-0.05, 0) is 25.1 Å². The van der Waals surface area contributed by atoms with Gasteiger partial charge in [-0.3, -0.25) is 9.59 Å². The van der Waals surface area contributed by atoms with Gasteiger partial charge in [0, 0.05) is 44.9 Å². The summed E-state index contributed by atoms with van der Waals surface area (Å²) < 4.78 is 13.3. The topological polar surface area (TPSA) is 78.4 Å². The fourth-order valence-corrected chi connectivity index (χ4v) is 2.84. The van der Waals surface area contributed by atoms with E-state index in [1.54, 1.807) is 30.9 Å². The molecule has 0 radical (unpaired) electrons. The van der Waals surface area contributed by atoms with E-state index in [0.29, 0.717) is 43.5 Å². The molecule has 1 aromatic heterocycles.